The third-order valence-corrected chi connectivity index (χ3v) is 3.48. The van der Waals surface area contributed by atoms with Gasteiger partial charge in [0.05, 0.1) is 6.04 Å². The predicted molar refractivity (Wildman–Crippen MR) is 68.6 cm³/mol. The van der Waals surface area contributed by atoms with E-state index in [1.807, 2.05) is 0 Å². The summed E-state index contributed by atoms with van der Waals surface area (Å²) in [6.07, 6.45) is 2.23. The number of anilines is 1. The van der Waals surface area contributed by atoms with Crippen molar-refractivity contribution in [1.82, 2.24) is 0 Å². The Morgan fingerprint density at radius 1 is 1.44 bits per heavy atom. The van der Waals surface area contributed by atoms with Gasteiger partial charge < -0.3 is 5.32 Å². The number of hydrogen-bond donors (Lipinski definition) is 1. The van der Waals surface area contributed by atoms with Gasteiger partial charge in [-0.1, -0.05) is 18.7 Å². The first-order chi connectivity index (χ1) is 7.78. The molecule has 86 valence electrons. The first kappa shape index (κ1) is 11.5. The Labute approximate surface area is 99.3 Å². The fourth-order valence-corrected chi connectivity index (χ4v) is 2.58. The van der Waals surface area contributed by atoms with Crippen LogP contribution in [0, 0.1) is 5.82 Å². The molecular weight excluding hydrogens is 223 g/mol. The normalized spacial score (nSPS) is 20.4. The first-order valence-electron chi connectivity index (χ1n) is 5.51. The summed E-state index contributed by atoms with van der Waals surface area (Å²) in [5.74, 6) is 0.890. The van der Waals surface area contributed by atoms with Gasteiger partial charge in [-0.2, -0.15) is 0 Å². The monoisotopic (exact) mass is 238 g/mol. The lowest BCUT2D eigenvalue weighted by Gasteiger charge is -2.19. The summed E-state index contributed by atoms with van der Waals surface area (Å²) < 4.78 is 12.7. The molecule has 0 fully saturated rings. The van der Waals surface area contributed by atoms with Crippen molar-refractivity contribution in [1.29, 1.82) is 0 Å². The van der Waals surface area contributed by atoms with E-state index < -0.39 is 0 Å². The number of halogens is 1. The summed E-state index contributed by atoms with van der Waals surface area (Å²) in [6, 6.07) is 6.80. The molecule has 0 saturated heterocycles. The van der Waals surface area contributed by atoms with E-state index in [4.69, 9.17) is 0 Å². The second kappa shape index (κ2) is 5.34. The van der Waals surface area contributed by atoms with Crippen LogP contribution in [-0.4, -0.2) is 17.0 Å². The summed E-state index contributed by atoms with van der Waals surface area (Å²) in [7, 11) is 0. The van der Waals surface area contributed by atoms with Gasteiger partial charge >= 0.3 is 0 Å². The second-order valence-corrected chi connectivity index (χ2v) is 4.85. The maximum atomic E-state index is 12.7. The molecule has 1 aliphatic heterocycles. The number of nitrogens with zero attached hydrogens (tertiary/aromatic N) is 1. The van der Waals surface area contributed by atoms with Gasteiger partial charge in [0.2, 0.25) is 0 Å². The van der Waals surface area contributed by atoms with Gasteiger partial charge in [0, 0.05) is 11.4 Å². The topological polar surface area (TPSA) is 24.4 Å². The molecule has 0 spiro atoms. The van der Waals surface area contributed by atoms with Crippen LogP contribution >= 0.6 is 11.8 Å². The minimum Gasteiger partial charge on any atom is -0.335 e. The maximum absolute atomic E-state index is 12.7. The molecule has 1 N–H and O–H groups in total. The number of nitrogens with one attached hydrogen (secondary N) is 1. The molecule has 1 aromatic rings. The molecule has 1 heterocycles. The maximum Gasteiger partial charge on any atom is 0.161 e. The Balaban J connectivity index is 2.03. The minimum absolute atomic E-state index is 0.213. The van der Waals surface area contributed by atoms with E-state index in [1.165, 1.54) is 12.1 Å². The quantitative estimate of drug-likeness (QED) is 0.852. The van der Waals surface area contributed by atoms with Gasteiger partial charge in [0.25, 0.3) is 0 Å². The SMILES string of the molecule is CCC1CCSC(Nc2ccc(F)cc2)=N1. The van der Waals surface area contributed by atoms with Crippen LogP contribution in [0.2, 0.25) is 0 Å². The zero-order chi connectivity index (χ0) is 11.4. The lowest BCUT2D eigenvalue weighted by molar-refractivity contribution is 0.628. The lowest BCUT2D eigenvalue weighted by atomic mass is 10.2. The van der Waals surface area contributed by atoms with Crippen LogP contribution in [0.4, 0.5) is 10.1 Å². The number of rotatable bonds is 2. The largest absolute Gasteiger partial charge is 0.335 e. The highest BCUT2D eigenvalue weighted by Crippen LogP contribution is 2.21. The molecule has 1 aliphatic rings. The van der Waals surface area contributed by atoms with Gasteiger partial charge in [0.1, 0.15) is 5.82 Å². The highest BCUT2D eigenvalue weighted by atomic mass is 32.2. The molecule has 0 bridgehead atoms. The van der Waals surface area contributed by atoms with Crippen LogP contribution in [0.25, 0.3) is 0 Å². The summed E-state index contributed by atoms with van der Waals surface area (Å²) in [6.45, 7) is 2.15. The summed E-state index contributed by atoms with van der Waals surface area (Å²) in [5.41, 5.74) is 0.893. The third kappa shape index (κ3) is 2.98. The zero-order valence-corrected chi connectivity index (χ0v) is 10.1. The van der Waals surface area contributed by atoms with Crippen LogP contribution in [-0.2, 0) is 0 Å². The molecule has 0 radical (unpaired) electrons. The van der Waals surface area contributed by atoms with Crippen molar-refractivity contribution in [2.75, 3.05) is 11.1 Å². The smallest absolute Gasteiger partial charge is 0.161 e. The van der Waals surface area contributed by atoms with Crippen LogP contribution < -0.4 is 5.32 Å². The van der Waals surface area contributed by atoms with Gasteiger partial charge in [-0.25, -0.2) is 4.39 Å². The fraction of sp³-hybridized carbons (Fsp3) is 0.417. The number of benzene rings is 1. The van der Waals surface area contributed by atoms with E-state index in [1.54, 1.807) is 23.9 Å². The van der Waals surface area contributed by atoms with Crippen molar-refractivity contribution in [3.05, 3.63) is 30.1 Å². The fourth-order valence-electron chi connectivity index (χ4n) is 1.58. The molecule has 0 aliphatic carbocycles. The average molecular weight is 238 g/mol. The Bertz CT molecular complexity index is 375. The highest BCUT2D eigenvalue weighted by molar-refractivity contribution is 8.14. The number of aliphatic imine (C=N–C) groups is 1. The number of amidine groups is 1. The minimum atomic E-state index is -0.213. The second-order valence-electron chi connectivity index (χ2n) is 3.77. The van der Waals surface area contributed by atoms with Crippen molar-refractivity contribution in [2.24, 2.45) is 4.99 Å². The van der Waals surface area contributed by atoms with E-state index >= 15 is 0 Å². The van der Waals surface area contributed by atoms with Crippen molar-refractivity contribution < 1.29 is 4.39 Å². The van der Waals surface area contributed by atoms with Crippen LogP contribution in [0.1, 0.15) is 19.8 Å². The molecule has 2 nitrogen and oxygen atoms in total. The van der Waals surface area contributed by atoms with Gasteiger partial charge in [-0.15, -0.1) is 0 Å². The van der Waals surface area contributed by atoms with Crippen molar-refractivity contribution in [3.63, 3.8) is 0 Å². The lowest BCUT2D eigenvalue weighted by Crippen LogP contribution is -2.19. The van der Waals surface area contributed by atoms with Gasteiger partial charge in [-0.3, -0.25) is 4.99 Å². The van der Waals surface area contributed by atoms with E-state index in [2.05, 4.69) is 17.2 Å². The van der Waals surface area contributed by atoms with Crippen LogP contribution in [0.3, 0.4) is 0 Å². The summed E-state index contributed by atoms with van der Waals surface area (Å²) in [5, 5.41) is 4.17. The van der Waals surface area contributed by atoms with E-state index in [0.717, 1.165) is 29.4 Å². The molecule has 16 heavy (non-hydrogen) atoms. The van der Waals surface area contributed by atoms with Crippen molar-refractivity contribution in [3.8, 4) is 0 Å². The number of thioether (sulfide) groups is 1. The Kier molecular flexibility index (Phi) is 3.83. The Morgan fingerprint density at radius 2 is 2.19 bits per heavy atom. The molecule has 4 heteroatoms. The van der Waals surface area contributed by atoms with Gasteiger partial charge in [-0.05, 0) is 37.1 Å². The molecule has 1 unspecified atom stereocenters. The molecule has 0 aromatic heterocycles. The molecule has 1 atom stereocenters. The van der Waals surface area contributed by atoms with E-state index in [-0.39, 0.29) is 5.82 Å². The summed E-state index contributed by atoms with van der Waals surface area (Å²) in [4.78, 5) is 4.59. The van der Waals surface area contributed by atoms with Crippen LogP contribution in [0.5, 0.6) is 0 Å². The molecular formula is C12H15FN2S. The van der Waals surface area contributed by atoms with Crippen LogP contribution in [0.15, 0.2) is 29.3 Å². The van der Waals surface area contributed by atoms with Gasteiger partial charge in [0.15, 0.2) is 5.17 Å². The van der Waals surface area contributed by atoms with Crippen molar-refractivity contribution in [2.45, 2.75) is 25.8 Å². The van der Waals surface area contributed by atoms with E-state index in [0.29, 0.717) is 6.04 Å². The first-order valence-corrected chi connectivity index (χ1v) is 6.49. The van der Waals surface area contributed by atoms with Crippen molar-refractivity contribution >= 4 is 22.6 Å². The predicted octanol–water partition coefficient (Wildman–Crippen LogP) is 3.51. The zero-order valence-electron chi connectivity index (χ0n) is 9.24. The Hall–Kier alpha value is -1.03. The Morgan fingerprint density at radius 3 is 2.88 bits per heavy atom. The molecule has 1 aromatic carbocycles. The third-order valence-electron chi connectivity index (χ3n) is 2.56. The standard InChI is InChI=1S/C12H15FN2S/c1-2-10-7-8-16-12(14-10)15-11-5-3-9(13)4-6-11/h3-6,10H,2,7-8H2,1H3,(H,14,15). The van der Waals surface area contributed by atoms with E-state index in [9.17, 15) is 4.39 Å². The summed E-state index contributed by atoms with van der Waals surface area (Å²) >= 11 is 1.73. The highest BCUT2D eigenvalue weighted by Gasteiger charge is 2.13. The molecule has 0 saturated carbocycles. The number of hydrogen-bond acceptors (Lipinski definition) is 3. The molecule has 2 rings (SSSR count). The molecule has 0 amide bonds. The average Bonchev–Trinajstić information content (AvgIpc) is 2.32.